The van der Waals surface area contributed by atoms with Gasteiger partial charge in [0.2, 0.25) is 0 Å². The molecule has 2 heterocycles. The average Bonchev–Trinajstić information content (AvgIpc) is 2.39. The molecule has 0 saturated carbocycles. The van der Waals surface area contributed by atoms with Crippen LogP contribution >= 0.6 is 0 Å². The van der Waals surface area contributed by atoms with Crippen molar-refractivity contribution in [3.8, 4) is 0 Å². The summed E-state index contributed by atoms with van der Waals surface area (Å²) in [5.74, 6) is 1.17. The third kappa shape index (κ3) is 3.41. The molecule has 0 aromatic carbocycles. The number of nitrogens with one attached hydrogen (secondary N) is 1. The maximum absolute atomic E-state index is 12.2. The minimum Gasteiger partial charge on any atom is -0.372 e. The molecule has 1 aliphatic heterocycles. The smallest absolute Gasteiger partial charge is 0.323 e. The van der Waals surface area contributed by atoms with Crippen molar-refractivity contribution < 1.29 is 9.53 Å². The van der Waals surface area contributed by atoms with E-state index in [0.29, 0.717) is 31.3 Å². The van der Waals surface area contributed by atoms with Gasteiger partial charge in [0.25, 0.3) is 0 Å². The van der Waals surface area contributed by atoms with Crippen LogP contribution in [0.5, 0.6) is 0 Å². The summed E-state index contributed by atoms with van der Waals surface area (Å²) in [6.45, 7) is 7.65. The van der Waals surface area contributed by atoms with Gasteiger partial charge in [-0.1, -0.05) is 6.92 Å². The second-order valence-corrected chi connectivity index (χ2v) is 4.99. The van der Waals surface area contributed by atoms with E-state index in [1.165, 1.54) is 0 Å². The highest BCUT2D eigenvalue weighted by molar-refractivity contribution is 5.88. The SMILES string of the molecule is CCC1(C)CN(C(=O)Nc2ccnc(C)n2)CCO1. The molecule has 2 amide bonds. The first kappa shape index (κ1) is 13.7. The summed E-state index contributed by atoms with van der Waals surface area (Å²) >= 11 is 0. The van der Waals surface area contributed by atoms with Gasteiger partial charge in [-0.15, -0.1) is 0 Å². The molecule has 0 radical (unpaired) electrons. The second-order valence-electron chi connectivity index (χ2n) is 4.99. The van der Waals surface area contributed by atoms with Gasteiger partial charge in [-0.25, -0.2) is 14.8 Å². The number of anilines is 1. The van der Waals surface area contributed by atoms with Gasteiger partial charge in [-0.05, 0) is 26.3 Å². The number of hydrogen-bond donors (Lipinski definition) is 1. The zero-order chi connectivity index (χ0) is 13.9. The Morgan fingerprint density at radius 1 is 1.63 bits per heavy atom. The van der Waals surface area contributed by atoms with Crippen LogP contribution in [0.4, 0.5) is 10.6 Å². The Morgan fingerprint density at radius 2 is 2.42 bits per heavy atom. The van der Waals surface area contributed by atoms with Gasteiger partial charge in [-0.2, -0.15) is 0 Å². The molecule has 1 fully saturated rings. The largest absolute Gasteiger partial charge is 0.372 e. The van der Waals surface area contributed by atoms with Crippen LogP contribution < -0.4 is 5.32 Å². The molecule has 2 rings (SSSR count). The molecule has 0 aliphatic carbocycles. The van der Waals surface area contributed by atoms with E-state index < -0.39 is 0 Å². The lowest BCUT2D eigenvalue weighted by Crippen LogP contribution is -2.53. The lowest BCUT2D eigenvalue weighted by Gasteiger charge is -2.39. The van der Waals surface area contributed by atoms with Crippen LogP contribution in [0.1, 0.15) is 26.1 Å². The second kappa shape index (κ2) is 5.52. The molecule has 1 atom stereocenters. The third-order valence-corrected chi connectivity index (χ3v) is 3.38. The Hall–Kier alpha value is -1.69. The van der Waals surface area contributed by atoms with E-state index in [4.69, 9.17) is 4.74 Å². The van der Waals surface area contributed by atoms with Crippen molar-refractivity contribution in [1.29, 1.82) is 0 Å². The molecule has 1 aromatic rings. The number of aryl methyl sites for hydroxylation is 1. The Kier molecular flexibility index (Phi) is 3.99. The number of carbonyl (C=O) groups excluding carboxylic acids is 1. The van der Waals surface area contributed by atoms with Crippen molar-refractivity contribution in [1.82, 2.24) is 14.9 Å². The third-order valence-electron chi connectivity index (χ3n) is 3.38. The number of carbonyl (C=O) groups is 1. The number of nitrogens with zero attached hydrogens (tertiary/aromatic N) is 3. The van der Waals surface area contributed by atoms with Crippen LogP contribution in [0.3, 0.4) is 0 Å². The number of hydrogen-bond acceptors (Lipinski definition) is 4. The summed E-state index contributed by atoms with van der Waals surface area (Å²) in [6.07, 6.45) is 2.51. The minimum atomic E-state index is -0.253. The van der Waals surface area contributed by atoms with Crippen molar-refractivity contribution in [2.75, 3.05) is 25.0 Å². The van der Waals surface area contributed by atoms with Gasteiger partial charge >= 0.3 is 6.03 Å². The van der Waals surface area contributed by atoms with E-state index in [1.807, 2.05) is 6.92 Å². The van der Waals surface area contributed by atoms with E-state index in [0.717, 1.165) is 6.42 Å². The number of rotatable bonds is 2. The number of morpholine rings is 1. The maximum atomic E-state index is 12.2. The van der Waals surface area contributed by atoms with Crippen LogP contribution in [0.15, 0.2) is 12.3 Å². The molecule has 1 saturated heterocycles. The summed E-state index contributed by atoms with van der Waals surface area (Å²) in [6, 6.07) is 1.55. The molecular weight excluding hydrogens is 244 g/mol. The molecule has 6 nitrogen and oxygen atoms in total. The van der Waals surface area contributed by atoms with Crippen molar-refractivity contribution >= 4 is 11.8 Å². The van der Waals surface area contributed by atoms with Gasteiger partial charge < -0.3 is 9.64 Å². The van der Waals surface area contributed by atoms with E-state index in [1.54, 1.807) is 24.1 Å². The van der Waals surface area contributed by atoms with Crippen LogP contribution in [0.2, 0.25) is 0 Å². The first-order valence-electron chi connectivity index (χ1n) is 6.52. The quantitative estimate of drug-likeness (QED) is 0.884. The molecule has 1 N–H and O–H groups in total. The lowest BCUT2D eigenvalue weighted by molar-refractivity contribution is -0.0860. The van der Waals surface area contributed by atoms with Gasteiger partial charge in [0.1, 0.15) is 11.6 Å². The topological polar surface area (TPSA) is 67.4 Å². The van der Waals surface area contributed by atoms with Crippen LogP contribution in [-0.2, 0) is 4.74 Å². The van der Waals surface area contributed by atoms with Crippen LogP contribution in [0.25, 0.3) is 0 Å². The highest BCUT2D eigenvalue weighted by Gasteiger charge is 2.32. The normalized spacial score (nSPS) is 23.2. The minimum absolute atomic E-state index is 0.138. The Bertz CT molecular complexity index is 466. The van der Waals surface area contributed by atoms with Gasteiger partial charge in [-0.3, -0.25) is 5.32 Å². The standard InChI is InChI=1S/C13H20N4O2/c1-4-13(3)9-17(7-8-19-13)12(18)16-11-5-6-14-10(2)15-11/h5-6H,4,7-9H2,1-3H3,(H,14,15,16,18). The highest BCUT2D eigenvalue weighted by Crippen LogP contribution is 2.21. The first-order chi connectivity index (χ1) is 9.02. The predicted molar refractivity (Wildman–Crippen MR) is 72.0 cm³/mol. The van der Waals surface area contributed by atoms with Crippen molar-refractivity contribution in [2.45, 2.75) is 32.8 Å². The zero-order valence-electron chi connectivity index (χ0n) is 11.6. The fourth-order valence-corrected chi connectivity index (χ4v) is 2.03. The molecule has 19 heavy (non-hydrogen) atoms. The van der Waals surface area contributed by atoms with Crippen LogP contribution in [-0.4, -0.2) is 46.2 Å². The van der Waals surface area contributed by atoms with Crippen molar-refractivity contribution in [3.63, 3.8) is 0 Å². The number of ether oxygens (including phenoxy) is 1. The monoisotopic (exact) mass is 264 g/mol. The number of aromatic nitrogens is 2. The molecule has 0 spiro atoms. The van der Waals surface area contributed by atoms with E-state index in [2.05, 4.69) is 22.2 Å². The van der Waals surface area contributed by atoms with Crippen molar-refractivity contribution in [3.05, 3.63) is 18.1 Å². The molecule has 1 aromatic heterocycles. The number of amides is 2. The summed E-state index contributed by atoms with van der Waals surface area (Å²) in [5.41, 5.74) is -0.253. The Labute approximate surface area is 113 Å². The summed E-state index contributed by atoms with van der Waals surface area (Å²) < 4.78 is 5.72. The Balaban J connectivity index is 2.00. The van der Waals surface area contributed by atoms with Crippen molar-refractivity contribution in [2.24, 2.45) is 0 Å². The molecule has 6 heteroatoms. The molecule has 1 aliphatic rings. The van der Waals surface area contributed by atoms with Crippen LogP contribution in [0, 0.1) is 6.92 Å². The first-order valence-corrected chi connectivity index (χ1v) is 6.52. The zero-order valence-corrected chi connectivity index (χ0v) is 11.6. The summed E-state index contributed by atoms with van der Waals surface area (Å²) in [4.78, 5) is 22.1. The molecule has 0 bridgehead atoms. The predicted octanol–water partition coefficient (Wildman–Crippen LogP) is 1.82. The summed E-state index contributed by atoms with van der Waals surface area (Å²) in [7, 11) is 0. The maximum Gasteiger partial charge on any atom is 0.323 e. The average molecular weight is 264 g/mol. The molecular formula is C13H20N4O2. The Morgan fingerprint density at radius 3 is 3.11 bits per heavy atom. The fourth-order valence-electron chi connectivity index (χ4n) is 2.03. The molecule has 1 unspecified atom stereocenters. The van der Waals surface area contributed by atoms with Gasteiger partial charge in [0, 0.05) is 12.7 Å². The highest BCUT2D eigenvalue weighted by atomic mass is 16.5. The van der Waals surface area contributed by atoms with Gasteiger partial charge in [0.05, 0.1) is 18.8 Å². The number of urea groups is 1. The lowest BCUT2D eigenvalue weighted by atomic mass is 10.0. The van der Waals surface area contributed by atoms with E-state index >= 15 is 0 Å². The summed E-state index contributed by atoms with van der Waals surface area (Å²) in [5, 5.41) is 2.79. The van der Waals surface area contributed by atoms with E-state index in [9.17, 15) is 4.79 Å². The van der Waals surface area contributed by atoms with E-state index in [-0.39, 0.29) is 11.6 Å². The van der Waals surface area contributed by atoms with Gasteiger partial charge in [0.15, 0.2) is 0 Å². The fraction of sp³-hybridized carbons (Fsp3) is 0.615. The molecule has 104 valence electrons.